The van der Waals surface area contributed by atoms with Crippen LogP contribution in [0.5, 0.6) is 11.5 Å². The van der Waals surface area contributed by atoms with Crippen molar-refractivity contribution in [2.75, 3.05) is 0 Å². The summed E-state index contributed by atoms with van der Waals surface area (Å²) in [6.07, 6.45) is -2.10. The van der Waals surface area contributed by atoms with E-state index in [1.807, 2.05) is 0 Å². The van der Waals surface area contributed by atoms with Gasteiger partial charge in [0.15, 0.2) is 0 Å². The fourth-order valence-corrected chi connectivity index (χ4v) is 2.63. The predicted molar refractivity (Wildman–Crippen MR) is 102 cm³/mol. The van der Waals surface area contributed by atoms with Crippen LogP contribution in [0.3, 0.4) is 0 Å². The van der Waals surface area contributed by atoms with Crippen LogP contribution >= 0.6 is 0 Å². The maximum atomic E-state index is 13.2. The summed E-state index contributed by atoms with van der Waals surface area (Å²) in [5.74, 6) is 0.192. The van der Waals surface area contributed by atoms with Crippen LogP contribution in [0.2, 0.25) is 0 Å². The minimum Gasteiger partial charge on any atom is -0.457 e. The number of allylic oxidation sites excluding steroid dienone is 2. The Balaban J connectivity index is 2.43. The standard InChI is InChI=1S/C22H20F6O/c1-3-5-7-15-13-17(9-11-19(15)21(23,24)25)29-18-10-12-20(22(26,27)28)16(14-18)8-6-4-2/h5-14H,3-4H2,1-2H3. The predicted octanol–water partition coefficient (Wildman–Crippen LogP) is 8.36. The second kappa shape index (κ2) is 9.20. The number of alkyl halides is 6. The maximum Gasteiger partial charge on any atom is 0.416 e. The second-order valence-corrected chi connectivity index (χ2v) is 6.22. The van der Waals surface area contributed by atoms with Gasteiger partial charge in [0, 0.05) is 0 Å². The molecule has 0 unspecified atom stereocenters. The van der Waals surface area contributed by atoms with Gasteiger partial charge in [-0.2, -0.15) is 26.3 Å². The minimum absolute atomic E-state index is 0.0742. The third kappa shape index (κ3) is 6.14. The van der Waals surface area contributed by atoms with Gasteiger partial charge in [-0.15, -0.1) is 0 Å². The number of hydrogen-bond donors (Lipinski definition) is 0. The highest BCUT2D eigenvalue weighted by Gasteiger charge is 2.34. The molecular formula is C22H20F6O. The summed E-state index contributed by atoms with van der Waals surface area (Å²) in [6, 6.07) is 6.51. The molecule has 0 spiro atoms. The lowest BCUT2D eigenvalue weighted by Crippen LogP contribution is -2.08. The zero-order chi connectivity index (χ0) is 21.7. The maximum absolute atomic E-state index is 13.2. The molecule has 2 aromatic carbocycles. The van der Waals surface area contributed by atoms with Crippen molar-refractivity contribution in [3.63, 3.8) is 0 Å². The summed E-state index contributed by atoms with van der Waals surface area (Å²) in [6.45, 7) is 3.58. The van der Waals surface area contributed by atoms with Crippen molar-refractivity contribution in [3.05, 3.63) is 70.8 Å². The molecule has 0 radical (unpaired) electrons. The van der Waals surface area contributed by atoms with E-state index in [2.05, 4.69) is 0 Å². The lowest BCUT2D eigenvalue weighted by Gasteiger charge is -2.15. The van der Waals surface area contributed by atoms with E-state index in [-0.39, 0.29) is 22.6 Å². The SMILES string of the molecule is CCC=Cc1cc(Oc2ccc(C(F)(F)F)c(C=CCC)c2)ccc1C(F)(F)F. The summed E-state index contributed by atoms with van der Waals surface area (Å²) in [7, 11) is 0. The lowest BCUT2D eigenvalue weighted by atomic mass is 10.0. The van der Waals surface area contributed by atoms with Crippen LogP contribution in [-0.4, -0.2) is 0 Å². The first kappa shape index (κ1) is 22.6. The molecule has 2 aromatic rings. The summed E-state index contributed by atoms with van der Waals surface area (Å²) in [4.78, 5) is 0. The topological polar surface area (TPSA) is 9.23 Å². The van der Waals surface area contributed by atoms with Gasteiger partial charge in [0.25, 0.3) is 0 Å². The van der Waals surface area contributed by atoms with Crippen LogP contribution in [0, 0.1) is 0 Å². The van der Waals surface area contributed by atoms with Crippen LogP contribution in [0.1, 0.15) is 48.9 Å². The largest absolute Gasteiger partial charge is 0.457 e. The first-order valence-corrected chi connectivity index (χ1v) is 8.99. The average Bonchev–Trinajstić information content (AvgIpc) is 2.63. The van der Waals surface area contributed by atoms with E-state index in [0.29, 0.717) is 12.8 Å². The Hall–Kier alpha value is -2.70. The van der Waals surface area contributed by atoms with Crippen molar-refractivity contribution in [2.45, 2.75) is 39.0 Å². The molecule has 0 aromatic heterocycles. The van der Waals surface area contributed by atoms with Gasteiger partial charge in [0.05, 0.1) is 11.1 Å². The molecule has 0 bridgehead atoms. The van der Waals surface area contributed by atoms with E-state index in [9.17, 15) is 26.3 Å². The van der Waals surface area contributed by atoms with Crippen molar-refractivity contribution in [2.24, 2.45) is 0 Å². The van der Waals surface area contributed by atoms with Gasteiger partial charge in [-0.25, -0.2) is 0 Å². The Labute approximate surface area is 165 Å². The summed E-state index contributed by atoms with van der Waals surface area (Å²) < 4.78 is 84.6. The second-order valence-electron chi connectivity index (χ2n) is 6.22. The first-order valence-electron chi connectivity index (χ1n) is 8.99. The first-order chi connectivity index (χ1) is 13.6. The fourth-order valence-electron chi connectivity index (χ4n) is 2.63. The Morgan fingerprint density at radius 1 is 0.690 bits per heavy atom. The summed E-state index contributed by atoms with van der Waals surface area (Å²) >= 11 is 0. The van der Waals surface area contributed by atoms with Gasteiger partial charge in [-0.05, 0) is 60.4 Å². The van der Waals surface area contributed by atoms with Crippen molar-refractivity contribution in [3.8, 4) is 11.5 Å². The van der Waals surface area contributed by atoms with Gasteiger partial charge >= 0.3 is 12.4 Å². The molecule has 0 aliphatic carbocycles. The van der Waals surface area contributed by atoms with Crippen LogP contribution in [0.25, 0.3) is 12.2 Å². The quantitative estimate of drug-likeness (QED) is 0.432. The Morgan fingerprint density at radius 3 is 1.38 bits per heavy atom. The third-order valence-corrected chi connectivity index (χ3v) is 3.96. The molecule has 2 rings (SSSR count). The highest BCUT2D eigenvalue weighted by molar-refractivity contribution is 5.59. The van der Waals surface area contributed by atoms with Crippen LogP contribution < -0.4 is 4.74 Å². The average molecular weight is 414 g/mol. The Bertz CT molecular complexity index is 818. The van der Waals surface area contributed by atoms with Crippen molar-refractivity contribution in [1.29, 1.82) is 0 Å². The summed E-state index contributed by atoms with van der Waals surface area (Å²) in [5, 5.41) is 0. The fraction of sp³-hybridized carbons (Fsp3) is 0.273. The molecule has 0 heterocycles. The molecular weight excluding hydrogens is 394 g/mol. The zero-order valence-corrected chi connectivity index (χ0v) is 15.9. The van der Waals surface area contributed by atoms with Crippen LogP contribution in [-0.2, 0) is 12.4 Å². The molecule has 29 heavy (non-hydrogen) atoms. The van der Waals surface area contributed by atoms with Gasteiger partial charge in [0.1, 0.15) is 11.5 Å². The van der Waals surface area contributed by atoms with E-state index < -0.39 is 23.5 Å². The smallest absolute Gasteiger partial charge is 0.416 e. The highest BCUT2D eigenvalue weighted by Crippen LogP contribution is 2.38. The molecule has 0 saturated carbocycles. The number of hydrogen-bond acceptors (Lipinski definition) is 1. The van der Waals surface area contributed by atoms with Gasteiger partial charge in [-0.3, -0.25) is 0 Å². The summed E-state index contributed by atoms with van der Waals surface area (Å²) in [5.41, 5.74) is -1.77. The molecule has 7 heteroatoms. The van der Waals surface area contributed by atoms with Crippen LogP contribution in [0.15, 0.2) is 48.6 Å². The number of ether oxygens (including phenoxy) is 1. The molecule has 0 saturated heterocycles. The van der Waals surface area contributed by atoms with Crippen molar-refractivity contribution >= 4 is 12.2 Å². The number of benzene rings is 2. The Morgan fingerprint density at radius 2 is 1.07 bits per heavy atom. The molecule has 1 nitrogen and oxygen atoms in total. The molecule has 0 aliphatic rings. The van der Waals surface area contributed by atoms with Crippen molar-refractivity contribution < 1.29 is 31.1 Å². The van der Waals surface area contributed by atoms with Crippen LogP contribution in [0.4, 0.5) is 26.3 Å². The van der Waals surface area contributed by atoms with Gasteiger partial charge in [-0.1, -0.05) is 38.2 Å². The number of rotatable bonds is 6. The normalized spacial score (nSPS) is 12.8. The molecule has 0 atom stereocenters. The monoisotopic (exact) mass is 414 g/mol. The van der Waals surface area contributed by atoms with E-state index in [4.69, 9.17) is 4.74 Å². The van der Waals surface area contributed by atoms with E-state index in [1.54, 1.807) is 26.0 Å². The third-order valence-electron chi connectivity index (χ3n) is 3.96. The van der Waals surface area contributed by atoms with E-state index in [1.165, 1.54) is 24.3 Å². The van der Waals surface area contributed by atoms with E-state index >= 15 is 0 Å². The van der Waals surface area contributed by atoms with Gasteiger partial charge in [0.2, 0.25) is 0 Å². The highest BCUT2D eigenvalue weighted by atomic mass is 19.4. The lowest BCUT2D eigenvalue weighted by molar-refractivity contribution is -0.138. The molecule has 0 amide bonds. The van der Waals surface area contributed by atoms with Gasteiger partial charge < -0.3 is 4.74 Å². The van der Waals surface area contributed by atoms with E-state index in [0.717, 1.165) is 24.3 Å². The minimum atomic E-state index is -4.53. The van der Waals surface area contributed by atoms with Crippen molar-refractivity contribution in [1.82, 2.24) is 0 Å². The molecule has 156 valence electrons. The molecule has 0 fully saturated rings. The molecule has 0 N–H and O–H groups in total. The zero-order valence-electron chi connectivity index (χ0n) is 15.9. The number of halogens is 6. The molecule has 0 aliphatic heterocycles. The Kier molecular flexibility index (Phi) is 7.16.